The van der Waals surface area contributed by atoms with Gasteiger partial charge >= 0.3 is 5.97 Å². The summed E-state index contributed by atoms with van der Waals surface area (Å²) in [5, 5.41) is 3.23. The lowest BCUT2D eigenvalue weighted by atomic mass is 10.2. The summed E-state index contributed by atoms with van der Waals surface area (Å²) in [6, 6.07) is 22.5. The van der Waals surface area contributed by atoms with Crippen LogP contribution in [0.5, 0.6) is 0 Å². The average molecular weight is 323 g/mol. The summed E-state index contributed by atoms with van der Waals surface area (Å²) in [4.78, 5) is 13.1. The Balaban J connectivity index is 1.90. The van der Waals surface area contributed by atoms with E-state index in [1.807, 2.05) is 48.5 Å². The number of hydrogen-bond acceptors (Lipinski definition) is 4. The van der Waals surface area contributed by atoms with Gasteiger partial charge in [0.05, 0.1) is 5.00 Å². The van der Waals surface area contributed by atoms with E-state index in [9.17, 15) is 4.79 Å². The standard InChI is InChI=1S/C19H17NO2S/c1-15(21)22-14-16-9-11-18(12-10-16)20(19-8-5-13-23-19)17-6-3-2-4-7-17/h2-13H,14H2,1H3. The highest BCUT2D eigenvalue weighted by molar-refractivity contribution is 7.14. The minimum Gasteiger partial charge on any atom is -0.461 e. The molecule has 3 nitrogen and oxygen atoms in total. The highest BCUT2D eigenvalue weighted by Crippen LogP contribution is 2.36. The maximum absolute atomic E-state index is 10.9. The average Bonchev–Trinajstić information content (AvgIpc) is 3.09. The number of thiophene rings is 1. The lowest BCUT2D eigenvalue weighted by Crippen LogP contribution is -2.08. The van der Waals surface area contributed by atoms with E-state index in [-0.39, 0.29) is 5.97 Å². The molecule has 0 aliphatic rings. The number of rotatable bonds is 5. The van der Waals surface area contributed by atoms with Crippen LogP contribution in [0.2, 0.25) is 0 Å². The van der Waals surface area contributed by atoms with Crippen molar-refractivity contribution < 1.29 is 9.53 Å². The van der Waals surface area contributed by atoms with Crippen LogP contribution in [0.3, 0.4) is 0 Å². The van der Waals surface area contributed by atoms with E-state index in [0.717, 1.165) is 21.9 Å². The zero-order chi connectivity index (χ0) is 16.1. The van der Waals surface area contributed by atoms with Crippen LogP contribution in [-0.4, -0.2) is 5.97 Å². The van der Waals surface area contributed by atoms with Crippen molar-refractivity contribution >= 4 is 33.7 Å². The molecule has 0 aliphatic carbocycles. The topological polar surface area (TPSA) is 29.5 Å². The molecule has 23 heavy (non-hydrogen) atoms. The SMILES string of the molecule is CC(=O)OCc1ccc(N(c2ccccc2)c2cccs2)cc1. The van der Waals surface area contributed by atoms with Crippen LogP contribution in [0.15, 0.2) is 72.1 Å². The molecule has 0 fully saturated rings. The summed E-state index contributed by atoms with van der Waals surface area (Å²) < 4.78 is 5.03. The third kappa shape index (κ3) is 3.79. The minimum atomic E-state index is -0.265. The van der Waals surface area contributed by atoms with Crippen LogP contribution in [-0.2, 0) is 16.1 Å². The third-order valence-electron chi connectivity index (χ3n) is 3.38. The first kappa shape index (κ1) is 15.3. The molecule has 0 bridgehead atoms. The molecule has 0 saturated carbocycles. The number of hydrogen-bond donors (Lipinski definition) is 0. The van der Waals surface area contributed by atoms with E-state index in [0.29, 0.717) is 6.61 Å². The van der Waals surface area contributed by atoms with Crippen molar-refractivity contribution in [1.82, 2.24) is 0 Å². The highest BCUT2D eigenvalue weighted by Gasteiger charge is 2.12. The largest absolute Gasteiger partial charge is 0.461 e. The summed E-state index contributed by atoms with van der Waals surface area (Å²) >= 11 is 1.70. The fraction of sp³-hybridized carbons (Fsp3) is 0.105. The molecular formula is C19H17NO2S. The molecule has 3 aromatic rings. The van der Waals surface area contributed by atoms with Crippen LogP contribution in [0.1, 0.15) is 12.5 Å². The zero-order valence-corrected chi connectivity index (χ0v) is 13.6. The molecule has 0 amide bonds. The molecule has 0 atom stereocenters. The maximum Gasteiger partial charge on any atom is 0.302 e. The summed E-state index contributed by atoms with van der Waals surface area (Å²) in [7, 11) is 0. The van der Waals surface area contributed by atoms with Crippen LogP contribution in [0, 0.1) is 0 Å². The van der Waals surface area contributed by atoms with E-state index in [1.165, 1.54) is 6.92 Å². The summed E-state index contributed by atoms with van der Waals surface area (Å²) in [6.07, 6.45) is 0. The van der Waals surface area contributed by atoms with Gasteiger partial charge in [0, 0.05) is 18.3 Å². The van der Waals surface area contributed by atoms with Crippen molar-refractivity contribution in [2.24, 2.45) is 0 Å². The molecule has 3 rings (SSSR count). The second-order valence-electron chi connectivity index (χ2n) is 5.07. The Hall–Kier alpha value is -2.59. The molecule has 1 aromatic heterocycles. The van der Waals surface area contributed by atoms with Gasteiger partial charge in [-0.2, -0.15) is 0 Å². The number of nitrogens with zero attached hydrogens (tertiary/aromatic N) is 1. The molecular weight excluding hydrogens is 306 g/mol. The Morgan fingerprint density at radius 2 is 1.65 bits per heavy atom. The van der Waals surface area contributed by atoms with Crippen molar-refractivity contribution in [1.29, 1.82) is 0 Å². The van der Waals surface area contributed by atoms with Crippen LogP contribution in [0.25, 0.3) is 0 Å². The molecule has 1 heterocycles. The minimum absolute atomic E-state index is 0.265. The molecule has 0 aliphatic heterocycles. The second kappa shape index (κ2) is 7.11. The number of benzene rings is 2. The second-order valence-corrected chi connectivity index (χ2v) is 6.00. The first-order chi connectivity index (χ1) is 11.2. The lowest BCUT2D eigenvalue weighted by molar-refractivity contribution is -0.142. The smallest absolute Gasteiger partial charge is 0.302 e. The normalized spacial score (nSPS) is 10.3. The van der Waals surface area contributed by atoms with Crippen molar-refractivity contribution in [2.45, 2.75) is 13.5 Å². The summed E-state index contributed by atoms with van der Waals surface area (Å²) in [5.41, 5.74) is 3.16. The van der Waals surface area contributed by atoms with Gasteiger partial charge in [-0.3, -0.25) is 4.79 Å². The van der Waals surface area contributed by atoms with Gasteiger partial charge < -0.3 is 9.64 Å². The quantitative estimate of drug-likeness (QED) is 0.598. The monoisotopic (exact) mass is 323 g/mol. The Morgan fingerprint density at radius 3 is 2.26 bits per heavy atom. The number of ether oxygens (including phenoxy) is 1. The number of carbonyl (C=O) groups is 1. The lowest BCUT2D eigenvalue weighted by Gasteiger charge is -2.23. The molecule has 0 spiro atoms. The highest BCUT2D eigenvalue weighted by atomic mass is 32.1. The molecule has 0 N–H and O–H groups in total. The summed E-state index contributed by atoms with van der Waals surface area (Å²) in [6.45, 7) is 1.72. The van der Waals surface area contributed by atoms with Gasteiger partial charge in [0.25, 0.3) is 0 Å². The fourth-order valence-corrected chi connectivity index (χ4v) is 3.07. The zero-order valence-electron chi connectivity index (χ0n) is 12.8. The first-order valence-corrected chi connectivity index (χ1v) is 8.23. The van der Waals surface area contributed by atoms with Gasteiger partial charge in [-0.15, -0.1) is 11.3 Å². The Morgan fingerprint density at radius 1 is 0.957 bits per heavy atom. The van der Waals surface area contributed by atoms with E-state index < -0.39 is 0 Å². The molecule has 0 unspecified atom stereocenters. The number of carbonyl (C=O) groups excluding carboxylic acids is 1. The number of para-hydroxylation sites is 1. The van der Waals surface area contributed by atoms with Crippen molar-refractivity contribution in [3.05, 3.63) is 77.7 Å². The van der Waals surface area contributed by atoms with Gasteiger partial charge in [-0.1, -0.05) is 30.3 Å². The van der Waals surface area contributed by atoms with Gasteiger partial charge in [0.15, 0.2) is 0 Å². The van der Waals surface area contributed by atoms with Crippen molar-refractivity contribution in [3.8, 4) is 0 Å². The number of esters is 1. The summed E-state index contributed by atoms with van der Waals surface area (Å²) in [5.74, 6) is -0.265. The third-order valence-corrected chi connectivity index (χ3v) is 4.23. The molecule has 2 aromatic carbocycles. The molecule has 4 heteroatoms. The van der Waals surface area contributed by atoms with Crippen LogP contribution < -0.4 is 4.90 Å². The Kier molecular flexibility index (Phi) is 4.74. The van der Waals surface area contributed by atoms with Gasteiger partial charge in [0.1, 0.15) is 6.61 Å². The van der Waals surface area contributed by atoms with E-state index >= 15 is 0 Å². The van der Waals surface area contributed by atoms with E-state index in [1.54, 1.807) is 11.3 Å². The predicted octanol–water partition coefficient (Wildman–Crippen LogP) is 5.28. The van der Waals surface area contributed by atoms with Crippen molar-refractivity contribution in [2.75, 3.05) is 4.90 Å². The molecule has 0 radical (unpaired) electrons. The predicted molar refractivity (Wildman–Crippen MR) is 94.5 cm³/mol. The van der Waals surface area contributed by atoms with E-state index in [2.05, 4.69) is 28.5 Å². The van der Waals surface area contributed by atoms with Gasteiger partial charge in [0.2, 0.25) is 0 Å². The Labute approximate surface area is 139 Å². The van der Waals surface area contributed by atoms with E-state index in [4.69, 9.17) is 4.74 Å². The van der Waals surface area contributed by atoms with Crippen molar-refractivity contribution in [3.63, 3.8) is 0 Å². The molecule has 116 valence electrons. The number of anilines is 3. The first-order valence-electron chi connectivity index (χ1n) is 7.35. The van der Waals surface area contributed by atoms with Crippen LogP contribution in [0.4, 0.5) is 16.4 Å². The Bertz CT molecular complexity index is 752. The van der Waals surface area contributed by atoms with Gasteiger partial charge in [-0.05, 0) is 47.3 Å². The molecule has 0 saturated heterocycles. The maximum atomic E-state index is 10.9. The van der Waals surface area contributed by atoms with Gasteiger partial charge in [-0.25, -0.2) is 0 Å². The van der Waals surface area contributed by atoms with Crippen LogP contribution >= 0.6 is 11.3 Å². The fourth-order valence-electron chi connectivity index (χ4n) is 2.30.